The SMILES string of the molecule is COc1ccc(NC(=O)Nc2ccc(-c3c[nH]c(NC(C)=O)c3C(N)=O)cc2)cc1OC. The molecule has 6 N–H and O–H groups in total. The van der Waals surface area contributed by atoms with Crippen molar-refractivity contribution in [1.29, 1.82) is 0 Å². The lowest BCUT2D eigenvalue weighted by Crippen LogP contribution is -2.19. The van der Waals surface area contributed by atoms with Gasteiger partial charge in [-0.3, -0.25) is 9.59 Å². The number of aromatic nitrogens is 1. The summed E-state index contributed by atoms with van der Waals surface area (Å²) in [7, 11) is 3.04. The van der Waals surface area contributed by atoms with Gasteiger partial charge in [0.2, 0.25) is 5.91 Å². The number of hydrogen-bond donors (Lipinski definition) is 5. The van der Waals surface area contributed by atoms with E-state index in [0.29, 0.717) is 34.0 Å². The Bertz CT molecular complexity index is 1150. The number of urea groups is 1. The average Bonchev–Trinajstić information content (AvgIpc) is 3.17. The fraction of sp³-hybridized carbons (Fsp3) is 0.136. The van der Waals surface area contributed by atoms with E-state index in [0.717, 1.165) is 0 Å². The fourth-order valence-corrected chi connectivity index (χ4v) is 3.12. The Hall–Kier alpha value is -4.47. The molecule has 1 heterocycles. The number of benzene rings is 2. The van der Waals surface area contributed by atoms with Crippen molar-refractivity contribution >= 4 is 35.0 Å². The molecule has 10 heteroatoms. The molecule has 0 saturated heterocycles. The molecule has 2 aromatic carbocycles. The quantitative estimate of drug-likeness (QED) is 0.384. The number of carbonyl (C=O) groups excluding carboxylic acids is 3. The summed E-state index contributed by atoms with van der Waals surface area (Å²) in [5.74, 6) is 0.264. The Kier molecular flexibility index (Phi) is 6.64. The first kappa shape index (κ1) is 22.2. The molecule has 0 aliphatic rings. The first-order valence-electron chi connectivity index (χ1n) is 9.51. The predicted molar refractivity (Wildman–Crippen MR) is 121 cm³/mol. The van der Waals surface area contributed by atoms with Crippen LogP contribution in [0.2, 0.25) is 0 Å². The minimum absolute atomic E-state index is 0.173. The van der Waals surface area contributed by atoms with Gasteiger partial charge in [-0.1, -0.05) is 12.1 Å². The van der Waals surface area contributed by atoms with Crippen molar-refractivity contribution in [3.05, 3.63) is 54.2 Å². The van der Waals surface area contributed by atoms with E-state index in [-0.39, 0.29) is 17.3 Å². The number of anilines is 3. The second kappa shape index (κ2) is 9.56. The first-order chi connectivity index (χ1) is 15.3. The molecule has 0 unspecified atom stereocenters. The summed E-state index contributed by atoms with van der Waals surface area (Å²) in [5.41, 5.74) is 7.93. The van der Waals surface area contributed by atoms with E-state index in [9.17, 15) is 14.4 Å². The molecule has 10 nitrogen and oxygen atoms in total. The number of primary amides is 1. The third kappa shape index (κ3) is 4.98. The van der Waals surface area contributed by atoms with Crippen LogP contribution in [0.4, 0.5) is 22.0 Å². The molecule has 166 valence electrons. The van der Waals surface area contributed by atoms with Gasteiger partial charge in [0.05, 0.1) is 19.8 Å². The van der Waals surface area contributed by atoms with Crippen molar-refractivity contribution in [2.45, 2.75) is 6.92 Å². The zero-order chi connectivity index (χ0) is 23.3. The van der Waals surface area contributed by atoms with E-state index in [4.69, 9.17) is 15.2 Å². The molecule has 32 heavy (non-hydrogen) atoms. The summed E-state index contributed by atoms with van der Waals surface area (Å²) in [6.45, 7) is 1.33. The number of aromatic amines is 1. The number of rotatable bonds is 7. The largest absolute Gasteiger partial charge is 0.493 e. The van der Waals surface area contributed by atoms with E-state index >= 15 is 0 Å². The van der Waals surface area contributed by atoms with Crippen LogP contribution in [0, 0.1) is 0 Å². The topological polar surface area (TPSA) is 148 Å². The monoisotopic (exact) mass is 437 g/mol. The zero-order valence-electron chi connectivity index (χ0n) is 17.7. The molecule has 0 spiro atoms. The van der Waals surface area contributed by atoms with Crippen LogP contribution >= 0.6 is 0 Å². The van der Waals surface area contributed by atoms with Gasteiger partial charge in [-0.25, -0.2) is 4.79 Å². The normalized spacial score (nSPS) is 10.2. The first-order valence-corrected chi connectivity index (χ1v) is 9.51. The van der Waals surface area contributed by atoms with Crippen molar-refractivity contribution in [1.82, 2.24) is 4.98 Å². The molecule has 3 aromatic rings. The van der Waals surface area contributed by atoms with Gasteiger partial charge in [-0.2, -0.15) is 0 Å². The van der Waals surface area contributed by atoms with Crippen molar-refractivity contribution < 1.29 is 23.9 Å². The lowest BCUT2D eigenvalue weighted by Gasteiger charge is -2.11. The summed E-state index contributed by atoms with van der Waals surface area (Å²) in [6, 6.07) is 11.4. The van der Waals surface area contributed by atoms with Crippen molar-refractivity contribution in [3.8, 4) is 22.6 Å². The minimum atomic E-state index is -0.679. The average molecular weight is 437 g/mol. The molecule has 0 fully saturated rings. The number of carbonyl (C=O) groups is 3. The van der Waals surface area contributed by atoms with Crippen LogP contribution in [0.3, 0.4) is 0 Å². The summed E-state index contributed by atoms with van der Waals surface area (Å²) >= 11 is 0. The van der Waals surface area contributed by atoms with Gasteiger partial charge in [0.25, 0.3) is 5.91 Å². The second-order valence-corrected chi connectivity index (χ2v) is 6.72. The highest BCUT2D eigenvalue weighted by atomic mass is 16.5. The Morgan fingerprint density at radius 3 is 2.09 bits per heavy atom. The Balaban J connectivity index is 1.73. The third-order valence-electron chi connectivity index (χ3n) is 4.52. The minimum Gasteiger partial charge on any atom is -0.493 e. The highest BCUT2D eigenvalue weighted by Gasteiger charge is 2.18. The maximum atomic E-state index is 12.3. The van der Waals surface area contributed by atoms with Gasteiger partial charge in [0, 0.05) is 36.1 Å². The highest BCUT2D eigenvalue weighted by molar-refractivity contribution is 6.07. The Labute approximate surface area is 184 Å². The molecule has 3 rings (SSSR count). The van der Waals surface area contributed by atoms with Gasteiger partial charge in [0.15, 0.2) is 11.5 Å². The molecule has 1 aromatic heterocycles. The molecular weight excluding hydrogens is 414 g/mol. The fourth-order valence-electron chi connectivity index (χ4n) is 3.12. The molecule has 0 saturated carbocycles. The van der Waals surface area contributed by atoms with Crippen LogP contribution < -0.4 is 31.2 Å². The Morgan fingerprint density at radius 2 is 1.50 bits per heavy atom. The smallest absolute Gasteiger partial charge is 0.323 e. The van der Waals surface area contributed by atoms with E-state index in [2.05, 4.69) is 20.9 Å². The number of ether oxygens (including phenoxy) is 2. The van der Waals surface area contributed by atoms with Gasteiger partial charge in [-0.05, 0) is 29.8 Å². The Morgan fingerprint density at radius 1 is 0.875 bits per heavy atom. The number of H-pyrrole nitrogens is 1. The molecule has 0 bridgehead atoms. The van der Waals surface area contributed by atoms with Crippen LogP contribution in [0.1, 0.15) is 17.3 Å². The lowest BCUT2D eigenvalue weighted by molar-refractivity contribution is -0.114. The van der Waals surface area contributed by atoms with Gasteiger partial charge < -0.3 is 36.1 Å². The maximum absolute atomic E-state index is 12.3. The summed E-state index contributed by atoms with van der Waals surface area (Å²) in [5, 5.41) is 7.99. The maximum Gasteiger partial charge on any atom is 0.323 e. The van der Waals surface area contributed by atoms with Crippen LogP contribution in [0.15, 0.2) is 48.7 Å². The van der Waals surface area contributed by atoms with Gasteiger partial charge >= 0.3 is 6.03 Å². The number of hydrogen-bond acceptors (Lipinski definition) is 5. The molecule has 0 aliphatic carbocycles. The van der Waals surface area contributed by atoms with Crippen LogP contribution in [-0.4, -0.2) is 37.0 Å². The molecule has 0 radical (unpaired) electrons. The van der Waals surface area contributed by atoms with Gasteiger partial charge in [0.1, 0.15) is 5.82 Å². The van der Waals surface area contributed by atoms with Crippen molar-refractivity contribution in [2.75, 3.05) is 30.2 Å². The molecule has 0 atom stereocenters. The third-order valence-corrected chi connectivity index (χ3v) is 4.52. The number of nitrogens with one attached hydrogen (secondary N) is 4. The van der Waals surface area contributed by atoms with Crippen LogP contribution in [-0.2, 0) is 4.79 Å². The highest BCUT2D eigenvalue weighted by Crippen LogP contribution is 2.31. The second-order valence-electron chi connectivity index (χ2n) is 6.72. The van der Waals surface area contributed by atoms with Gasteiger partial charge in [-0.15, -0.1) is 0 Å². The standard InChI is InChI=1S/C22H23N5O5/c1-12(28)25-21-19(20(23)29)16(11-24-21)13-4-6-14(7-5-13)26-22(30)27-15-8-9-17(31-2)18(10-15)32-3/h4-11,24H,1-3H3,(H2,23,29)(H,25,28)(H2,26,27,30). The molecule has 4 amide bonds. The number of nitrogens with two attached hydrogens (primary N) is 1. The zero-order valence-corrected chi connectivity index (χ0v) is 17.7. The van der Waals surface area contributed by atoms with Crippen LogP contribution in [0.5, 0.6) is 11.5 Å². The number of amides is 4. The number of methoxy groups -OCH3 is 2. The molecule has 0 aliphatic heterocycles. The summed E-state index contributed by atoms with van der Waals surface area (Å²) in [6.07, 6.45) is 1.58. The van der Waals surface area contributed by atoms with Crippen LogP contribution in [0.25, 0.3) is 11.1 Å². The van der Waals surface area contributed by atoms with E-state index in [1.54, 1.807) is 48.7 Å². The lowest BCUT2D eigenvalue weighted by atomic mass is 10.0. The predicted octanol–water partition coefficient (Wildman–Crippen LogP) is 3.40. The van der Waals surface area contributed by atoms with E-state index in [1.807, 2.05) is 0 Å². The molecular formula is C22H23N5O5. The van der Waals surface area contributed by atoms with E-state index < -0.39 is 11.9 Å². The van der Waals surface area contributed by atoms with E-state index in [1.165, 1.54) is 21.1 Å². The summed E-state index contributed by atoms with van der Waals surface area (Å²) < 4.78 is 10.4. The summed E-state index contributed by atoms with van der Waals surface area (Å²) in [4.78, 5) is 38.4. The van der Waals surface area contributed by atoms with Crippen molar-refractivity contribution in [3.63, 3.8) is 0 Å². The van der Waals surface area contributed by atoms with Crippen molar-refractivity contribution in [2.24, 2.45) is 5.73 Å².